The molecule has 0 unspecified atom stereocenters. The van der Waals surface area contributed by atoms with Crippen molar-refractivity contribution in [3.63, 3.8) is 0 Å². The van der Waals surface area contributed by atoms with Gasteiger partial charge in [-0.15, -0.1) is 0 Å². The van der Waals surface area contributed by atoms with Gasteiger partial charge in [0, 0.05) is 29.3 Å². The summed E-state index contributed by atoms with van der Waals surface area (Å²) in [4.78, 5) is 19.5. The number of halogens is 1. The number of anilines is 2. The lowest BCUT2D eigenvalue weighted by Gasteiger charge is -2.16. The van der Waals surface area contributed by atoms with E-state index in [2.05, 4.69) is 35.9 Å². The molecule has 0 spiro atoms. The second-order valence-electron chi connectivity index (χ2n) is 7.47. The summed E-state index contributed by atoms with van der Waals surface area (Å²) in [6.07, 6.45) is 1.61. The number of nitrogens with zero attached hydrogens (tertiary/aromatic N) is 5. The van der Waals surface area contributed by atoms with Crippen molar-refractivity contribution in [3.05, 3.63) is 59.5 Å². The second-order valence-corrected chi connectivity index (χ2v) is 8.38. The maximum atomic E-state index is 9.79. The van der Waals surface area contributed by atoms with E-state index in [-0.39, 0.29) is 0 Å². The Bertz CT molecular complexity index is 1260. The van der Waals surface area contributed by atoms with Crippen LogP contribution in [-0.4, -0.2) is 55.4 Å². The zero-order valence-corrected chi connectivity index (χ0v) is 17.9. The maximum Gasteiger partial charge on any atom is 0.165 e. The van der Waals surface area contributed by atoms with E-state index in [1.54, 1.807) is 6.20 Å². The minimum atomic E-state index is -0.762. The standard InChI is InChI=1S/C22H19BrN6O2/c23-14-3-1-2-12(6-14)15-7-16(28-22-20(15)21(24)26-11-27-22)13-4-5-19(25-8-13)29-9-17(30)18(31)10-29/h1-8,11,17-18,30-31H,9-10H2,(H2,24,26,27,28)/t17-,18-/m1/s1. The number of benzene rings is 1. The number of aromatic nitrogens is 4. The number of pyridine rings is 2. The molecule has 0 saturated carbocycles. The first-order valence-electron chi connectivity index (χ1n) is 9.74. The first kappa shape index (κ1) is 19.8. The highest BCUT2D eigenvalue weighted by Gasteiger charge is 2.30. The lowest BCUT2D eigenvalue weighted by atomic mass is 10.0. The molecule has 4 heterocycles. The summed E-state index contributed by atoms with van der Waals surface area (Å²) in [6.45, 7) is 0.704. The first-order valence-corrected chi connectivity index (χ1v) is 10.5. The number of nitrogen functional groups attached to an aromatic ring is 1. The molecule has 1 aliphatic heterocycles. The summed E-state index contributed by atoms with van der Waals surface area (Å²) in [5, 5.41) is 20.3. The summed E-state index contributed by atoms with van der Waals surface area (Å²) in [5.74, 6) is 1.07. The third-order valence-corrected chi connectivity index (χ3v) is 5.89. The highest BCUT2D eigenvalue weighted by Crippen LogP contribution is 2.34. The van der Waals surface area contributed by atoms with Crippen molar-refractivity contribution >= 4 is 38.6 Å². The Kier molecular flexibility index (Phi) is 5.01. The molecular formula is C22H19BrN6O2. The number of nitrogens with two attached hydrogens (primary N) is 1. The van der Waals surface area contributed by atoms with Gasteiger partial charge in [-0.25, -0.2) is 19.9 Å². The molecule has 31 heavy (non-hydrogen) atoms. The van der Waals surface area contributed by atoms with Crippen molar-refractivity contribution in [2.75, 3.05) is 23.7 Å². The van der Waals surface area contributed by atoms with E-state index in [4.69, 9.17) is 5.73 Å². The van der Waals surface area contributed by atoms with Crippen molar-refractivity contribution in [2.24, 2.45) is 0 Å². The van der Waals surface area contributed by atoms with Crippen LogP contribution in [0.5, 0.6) is 0 Å². The van der Waals surface area contributed by atoms with E-state index in [0.717, 1.165) is 21.2 Å². The molecule has 156 valence electrons. The molecule has 9 heteroatoms. The molecule has 2 atom stereocenters. The van der Waals surface area contributed by atoms with Gasteiger partial charge < -0.3 is 20.8 Å². The van der Waals surface area contributed by atoms with Gasteiger partial charge in [0.05, 0.1) is 23.3 Å². The molecule has 4 aromatic rings. The normalized spacial score (nSPS) is 18.6. The van der Waals surface area contributed by atoms with E-state index < -0.39 is 12.2 Å². The minimum absolute atomic E-state index is 0.352. The summed E-state index contributed by atoms with van der Waals surface area (Å²) in [5.41, 5.74) is 10.1. The fourth-order valence-electron chi connectivity index (χ4n) is 3.80. The van der Waals surface area contributed by atoms with Crippen LogP contribution in [0.3, 0.4) is 0 Å². The van der Waals surface area contributed by atoms with Crippen LogP contribution in [0.4, 0.5) is 11.6 Å². The molecule has 8 nitrogen and oxygen atoms in total. The van der Waals surface area contributed by atoms with Crippen molar-refractivity contribution in [2.45, 2.75) is 12.2 Å². The average molecular weight is 479 g/mol. The molecule has 1 aliphatic rings. The van der Waals surface area contributed by atoms with Gasteiger partial charge in [-0.3, -0.25) is 0 Å². The number of rotatable bonds is 3. The predicted molar refractivity (Wildman–Crippen MR) is 122 cm³/mol. The van der Waals surface area contributed by atoms with Crippen molar-refractivity contribution < 1.29 is 10.2 Å². The van der Waals surface area contributed by atoms with Gasteiger partial charge >= 0.3 is 0 Å². The average Bonchev–Trinajstić information content (AvgIpc) is 3.11. The predicted octanol–water partition coefficient (Wildman–Crippen LogP) is 2.64. The largest absolute Gasteiger partial charge is 0.389 e. The molecule has 1 saturated heterocycles. The summed E-state index contributed by atoms with van der Waals surface area (Å²) in [6, 6.07) is 13.7. The van der Waals surface area contributed by atoms with E-state index >= 15 is 0 Å². The molecule has 4 N–H and O–H groups in total. The van der Waals surface area contributed by atoms with Gasteiger partial charge in [0.2, 0.25) is 0 Å². The van der Waals surface area contributed by atoms with Gasteiger partial charge in [-0.05, 0) is 41.5 Å². The van der Waals surface area contributed by atoms with E-state index in [0.29, 0.717) is 41.5 Å². The Morgan fingerprint density at radius 2 is 1.77 bits per heavy atom. The quantitative estimate of drug-likeness (QED) is 0.410. The third-order valence-electron chi connectivity index (χ3n) is 5.40. The van der Waals surface area contributed by atoms with Crippen LogP contribution in [0.2, 0.25) is 0 Å². The van der Waals surface area contributed by atoms with Gasteiger partial charge in [0.15, 0.2) is 5.65 Å². The van der Waals surface area contributed by atoms with E-state index in [1.165, 1.54) is 6.33 Å². The lowest BCUT2D eigenvalue weighted by molar-refractivity contribution is 0.0572. The smallest absolute Gasteiger partial charge is 0.165 e. The zero-order chi connectivity index (χ0) is 21.5. The van der Waals surface area contributed by atoms with Crippen LogP contribution in [0.15, 0.2) is 59.5 Å². The van der Waals surface area contributed by atoms with Gasteiger partial charge in [0.1, 0.15) is 18.0 Å². The number of fused-ring (bicyclic) bond motifs is 1. The molecule has 1 fully saturated rings. The van der Waals surface area contributed by atoms with Crippen LogP contribution in [-0.2, 0) is 0 Å². The highest BCUT2D eigenvalue weighted by atomic mass is 79.9. The Morgan fingerprint density at radius 3 is 2.48 bits per heavy atom. The number of hydrogen-bond donors (Lipinski definition) is 3. The Balaban J connectivity index is 1.59. The molecule has 5 rings (SSSR count). The fourth-order valence-corrected chi connectivity index (χ4v) is 4.20. The number of β-amino-alcohol motifs (C(OH)–C–C–N with tert-alkyl or cyclic N) is 2. The number of aliphatic hydroxyl groups is 2. The molecule has 3 aromatic heterocycles. The molecule has 0 aliphatic carbocycles. The fraction of sp³-hybridized carbons (Fsp3) is 0.182. The third kappa shape index (κ3) is 3.71. The molecule has 0 radical (unpaired) electrons. The van der Waals surface area contributed by atoms with E-state index in [1.807, 2.05) is 47.4 Å². The van der Waals surface area contributed by atoms with Gasteiger partial charge in [0.25, 0.3) is 0 Å². The van der Waals surface area contributed by atoms with Crippen molar-refractivity contribution in [3.8, 4) is 22.4 Å². The summed E-state index contributed by atoms with van der Waals surface area (Å²) in [7, 11) is 0. The number of aliphatic hydroxyl groups excluding tert-OH is 2. The van der Waals surface area contributed by atoms with Crippen LogP contribution < -0.4 is 10.6 Å². The Morgan fingerprint density at radius 1 is 0.968 bits per heavy atom. The molecule has 1 aromatic carbocycles. The minimum Gasteiger partial charge on any atom is -0.389 e. The van der Waals surface area contributed by atoms with Crippen LogP contribution >= 0.6 is 15.9 Å². The summed E-state index contributed by atoms with van der Waals surface area (Å²) >= 11 is 3.53. The first-order chi connectivity index (χ1) is 15.0. The second kappa shape index (κ2) is 7.84. The Labute approximate surface area is 186 Å². The number of hydrogen-bond acceptors (Lipinski definition) is 8. The van der Waals surface area contributed by atoms with E-state index in [9.17, 15) is 10.2 Å². The topological polar surface area (TPSA) is 121 Å². The lowest BCUT2D eigenvalue weighted by Crippen LogP contribution is -2.22. The zero-order valence-electron chi connectivity index (χ0n) is 16.4. The van der Waals surface area contributed by atoms with Crippen LogP contribution in [0.25, 0.3) is 33.4 Å². The van der Waals surface area contributed by atoms with Crippen molar-refractivity contribution in [1.29, 1.82) is 0 Å². The van der Waals surface area contributed by atoms with Gasteiger partial charge in [-0.2, -0.15) is 0 Å². The van der Waals surface area contributed by atoms with Crippen LogP contribution in [0.1, 0.15) is 0 Å². The van der Waals surface area contributed by atoms with Crippen LogP contribution in [0, 0.1) is 0 Å². The monoisotopic (exact) mass is 478 g/mol. The SMILES string of the molecule is Nc1ncnc2nc(-c3ccc(N4C[C@@H](O)[C@H](O)C4)nc3)cc(-c3cccc(Br)c3)c12. The summed E-state index contributed by atoms with van der Waals surface area (Å²) < 4.78 is 0.952. The van der Waals surface area contributed by atoms with Gasteiger partial charge in [-0.1, -0.05) is 28.1 Å². The van der Waals surface area contributed by atoms with Crippen molar-refractivity contribution in [1.82, 2.24) is 19.9 Å². The molecule has 0 amide bonds. The highest BCUT2D eigenvalue weighted by molar-refractivity contribution is 9.10. The molecular weight excluding hydrogens is 460 g/mol. The molecule has 0 bridgehead atoms. The maximum absolute atomic E-state index is 9.79. The Hall–Kier alpha value is -3.14.